The summed E-state index contributed by atoms with van der Waals surface area (Å²) in [4.78, 5) is 37.4. The van der Waals surface area contributed by atoms with Gasteiger partial charge in [0.25, 0.3) is 0 Å². The highest BCUT2D eigenvalue weighted by atomic mass is 16.2. The van der Waals surface area contributed by atoms with Gasteiger partial charge in [0.05, 0.1) is 5.54 Å². The van der Waals surface area contributed by atoms with Crippen LogP contribution in [0.2, 0.25) is 0 Å². The summed E-state index contributed by atoms with van der Waals surface area (Å²) in [5, 5.41) is 3.12. The number of primary amides is 1. The molecule has 2 amide bonds. The molecule has 5 heteroatoms. The third-order valence-corrected chi connectivity index (χ3v) is 7.56. The molecule has 212 valence electrons. The number of ketones is 1. The number of hydrogen-bond donors (Lipinski definition) is 2. The quantitative estimate of drug-likeness (QED) is 0.109. The first-order valence-electron chi connectivity index (χ1n) is 15.5. The Morgan fingerprint density at radius 3 is 1.39 bits per heavy atom. The molecule has 0 aliphatic rings. The number of nitrogens with one attached hydrogen (secondary N) is 1. The summed E-state index contributed by atoms with van der Waals surface area (Å²) < 4.78 is 0. The predicted molar refractivity (Wildman–Crippen MR) is 153 cm³/mol. The Labute approximate surface area is 223 Å². The molecule has 0 aromatic carbocycles. The standard InChI is InChI=1S/C31H60N2O3/c1-4-7-9-11-13-15-17-19-21-24-28(34)31(6-3,27-23-25-29(32)35)33-30(36)26-22-20-18-16-14-12-10-8-5-2/h4-27H2,1-3H3,(H2,32,35)(H,33,36). The van der Waals surface area contributed by atoms with E-state index in [0.29, 0.717) is 32.1 Å². The highest BCUT2D eigenvalue weighted by Crippen LogP contribution is 2.24. The van der Waals surface area contributed by atoms with Gasteiger partial charge in [-0.15, -0.1) is 0 Å². The lowest BCUT2D eigenvalue weighted by atomic mass is 9.82. The van der Waals surface area contributed by atoms with Crippen molar-refractivity contribution in [2.75, 3.05) is 0 Å². The topological polar surface area (TPSA) is 89.3 Å². The number of carbonyl (C=O) groups excluding carboxylic acids is 3. The number of Topliss-reactive ketones (excluding diaryl/α,β-unsaturated/α-hetero) is 1. The molecule has 36 heavy (non-hydrogen) atoms. The van der Waals surface area contributed by atoms with E-state index in [9.17, 15) is 14.4 Å². The molecular weight excluding hydrogens is 448 g/mol. The highest BCUT2D eigenvalue weighted by molar-refractivity contribution is 5.93. The third kappa shape index (κ3) is 18.8. The second kappa shape index (κ2) is 24.0. The summed E-state index contributed by atoms with van der Waals surface area (Å²) in [7, 11) is 0. The van der Waals surface area contributed by atoms with E-state index in [1.807, 2.05) is 6.92 Å². The minimum atomic E-state index is -0.855. The molecule has 0 spiro atoms. The molecule has 3 N–H and O–H groups in total. The average Bonchev–Trinajstić information content (AvgIpc) is 2.85. The number of hydrogen-bond acceptors (Lipinski definition) is 3. The van der Waals surface area contributed by atoms with Crippen LogP contribution in [0, 0.1) is 0 Å². The van der Waals surface area contributed by atoms with E-state index in [2.05, 4.69) is 19.2 Å². The van der Waals surface area contributed by atoms with Gasteiger partial charge in [0.15, 0.2) is 5.78 Å². The molecule has 5 nitrogen and oxygen atoms in total. The SMILES string of the molecule is CCCCCCCCCCCC(=O)NC(CC)(CCCC(N)=O)C(=O)CCCCCCCCCCC. The number of carbonyl (C=O) groups is 3. The Balaban J connectivity index is 4.48. The van der Waals surface area contributed by atoms with Crippen molar-refractivity contribution in [2.45, 2.75) is 180 Å². The molecule has 1 unspecified atom stereocenters. The van der Waals surface area contributed by atoms with Gasteiger partial charge in [-0.3, -0.25) is 14.4 Å². The molecule has 0 bridgehead atoms. The van der Waals surface area contributed by atoms with Crippen LogP contribution in [0.4, 0.5) is 0 Å². The van der Waals surface area contributed by atoms with Gasteiger partial charge < -0.3 is 11.1 Å². The van der Waals surface area contributed by atoms with Crippen LogP contribution in [-0.2, 0) is 14.4 Å². The zero-order valence-electron chi connectivity index (χ0n) is 24.3. The molecule has 0 aromatic heterocycles. The molecule has 0 rings (SSSR count). The van der Waals surface area contributed by atoms with Crippen LogP contribution in [0.1, 0.15) is 175 Å². The number of amides is 2. The van der Waals surface area contributed by atoms with Crippen molar-refractivity contribution in [3.63, 3.8) is 0 Å². The van der Waals surface area contributed by atoms with E-state index in [-0.39, 0.29) is 24.0 Å². The highest BCUT2D eigenvalue weighted by Gasteiger charge is 2.36. The van der Waals surface area contributed by atoms with E-state index in [1.165, 1.54) is 89.9 Å². The van der Waals surface area contributed by atoms with E-state index >= 15 is 0 Å². The first-order chi connectivity index (χ1) is 17.4. The van der Waals surface area contributed by atoms with Crippen molar-refractivity contribution < 1.29 is 14.4 Å². The summed E-state index contributed by atoms with van der Waals surface area (Å²) in [6, 6.07) is 0. The lowest BCUT2D eigenvalue weighted by Crippen LogP contribution is -2.54. The van der Waals surface area contributed by atoms with Crippen LogP contribution < -0.4 is 11.1 Å². The van der Waals surface area contributed by atoms with Gasteiger partial charge in [0.1, 0.15) is 0 Å². The van der Waals surface area contributed by atoms with Crippen molar-refractivity contribution in [2.24, 2.45) is 5.73 Å². The van der Waals surface area contributed by atoms with Gasteiger partial charge in [-0.05, 0) is 32.1 Å². The van der Waals surface area contributed by atoms with Crippen molar-refractivity contribution in [1.29, 1.82) is 0 Å². The van der Waals surface area contributed by atoms with E-state index in [1.54, 1.807) is 0 Å². The first-order valence-corrected chi connectivity index (χ1v) is 15.5. The Morgan fingerprint density at radius 2 is 0.972 bits per heavy atom. The molecule has 0 radical (unpaired) electrons. The smallest absolute Gasteiger partial charge is 0.220 e. The summed E-state index contributed by atoms with van der Waals surface area (Å²) in [5.41, 5.74) is 4.48. The van der Waals surface area contributed by atoms with Crippen molar-refractivity contribution in [3.05, 3.63) is 0 Å². The first kappa shape index (κ1) is 34.6. The largest absolute Gasteiger partial charge is 0.370 e. The lowest BCUT2D eigenvalue weighted by molar-refractivity contribution is -0.133. The van der Waals surface area contributed by atoms with Crippen LogP contribution >= 0.6 is 0 Å². The Kier molecular flexibility index (Phi) is 23.0. The molecule has 0 aliphatic heterocycles. The van der Waals surface area contributed by atoms with Crippen molar-refractivity contribution >= 4 is 17.6 Å². The Morgan fingerprint density at radius 1 is 0.556 bits per heavy atom. The van der Waals surface area contributed by atoms with Crippen LogP contribution in [0.15, 0.2) is 0 Å². The van der Waals surface area contributed by atoms with Gasteiger partial charge in [0, 0.05) is 19.3 Å². The van der Waals surface area contributed by atoms with Crippen molar-refractivity contribution in [1.82, 2.24) is 5.32 Å². The third-order valence-electron chi connectivity index (χ3n) is 7.56. The molecule has 0 heterocycles. The van der Waals surface area contributed by atoms with E-state index in [4.69, 9.17) is 5.73 Å². The second-order valence-electron chi connectivity index (χ2n) is 10.9. The maximum Gasteiger partial charge on any atom is 0.220 e. The summed E-state index contributed by atoms with van der Waals surface area (Å²) >= 11 is 0. The summed E-state index contributed by atoms with van der Waals surface area (Å²) in [6.07, 6.45) is 24.6. The number of rotatable bonds is 27. The van der Waals surface area contributed by atoms with Gasteiger partial charge in [-0.2, -0.15) is 0 Å². The van der Waals surface area contributed by atoms with Gasteiger partial charge in [-0.1, -0.05) is 124 Å². The number of unbranched alkanes of at least 4 members (excludes halogenated alkanes) is 16. The van der Waals surface area contributed by atoms with Crippen LogP contribution in [0.3, 0.4) is 0 Å². The fraction of sp³-hybridized carbons (Fsp3) is 0.903. The van der Waals surface area contributed by atoms with Crippen molar-refractivity contribution in [3.8, 4) is 0 Å². The monoisotopic (exact) mass is 508 g/mol. The summed E-state index contributed by atoms with van der Waals surface area (Å²) in [6.45, 7) is 6.44. The molecule has 0 aromatic rings. The van der Waals surface area contributed by atoms with E-state index < -0.39 is 5.54 Å². The maximum absolute atomic E-state index is 13.3. The predicted octanol–water partition coefficient (Wildman–Crippen LogP) is 8.32. The minimum absolute atomic E-state index is 0.0284. The fourth-order valence-corrected chi connectivity index (χ4v) is 5.06. The van der Waals surface area contributed by atoms with Crippen LogP contribution in [-0.4, -0.2) is 23.1 Å². The Hall–Kier alpha value is -1.39. The summed E-state index contributed by atoms with van der Waals surface area (Å²) in [5.74, 6) is -0.260. The normalized spacial score (nSPS) is 12.9. The fourth-order valence-electron chi connectivity index (χ4n) is 5.06. The van der Waals surface area contributed by atoms with Gasteiger partial charge in [-0.25, -0.2) is 0 Å². The van der Waals surface area contributed by atoms with Crippen LogP contribution in [0.25, 0.3) is 0 Å². The molecule has 0 saturated heterocycles. The van der Waals surface area contributed by atoms with Gasteiger partial charge in [0.2, 0.25) is 11.8 Å². The van der Waals surface area contributed by atoms with E-state index in [0.717, 1.165) is 25.7 Å². The maximum atomic E-state index is 13.3. The average molecular weight is 509 g/mol. The zero-order valence-corrected chi connectivity index (χ0v) is 24.3. The zero-order chi connectivity index (χ0) is 26.9. The molecule has 0 saturated carbocycles. The Bertz CT molecular complexity index is 564. The second-order valence-corrected chi connectivity index (χ2v) is 10.9. The minimum Gasteiger partial charge on any atom is -0.370 e. The molecular formula is C31H60N2O3. The lowest BCUT2D eigenvalue weighted by Gasteiger charge is -2.33. The molecule has 0 fully saturated rings. The molecule has 0 aliphatic carbocycles. The van der Waals surface area contributed by atoms with Crippen LogP contribution in [0.5, 0.6) is 0 Å². The molecule has 1 atom stereocenters. The number of nitrogens with two attached hydrogens (primary N) is 1. The van der Waals surface area contributed by atoms with Gasteiger partial charge >= 0.3 is 0 Å².